The van der Waals surface area contributed by atoms with E-state index in [2.05, 4.69) is 0 Å². The number of rotatable bonds is 4. The van der Waals surface area contributed by atoms with Gasteiger partial charge < -0.3 is 5.11 Å². The summed E-state index contributed by atoms with van der Waals surface area (Å²) in [5.74, 6) is 0. The number of alkyl halides is 3. The highest BCUT2D eigenvalue weighted by molar-refractivity contribution is 7.89. The smallest absolute Gasteiger partial charge is 0.389 e. The van der Waals surface area contributed by atoms with Crippen molar-refractivity contribution >= 4 is 10.0 Å². The summed E-state index contributed by atoms with van der Waals surface area (Å²) in [6.45, 7) is 3.86. The van der Waals surface area contributed by atoms with Crippen molar-refractivity contribution in [2.24, 2.45) is 0 Å². The Labute approximate surface area is 122 Å². The van der Waals surface area contributed by atoms with Gasteiger partial charge in [-0.3, -0.25) is 0 Å². The summed E-state index contributed by atoms with van der Waals surface area (Å²) >= 11 is 0. The van der Waals surface area contributed by atoms with E-state index < -0.39 is 32.3 Å². The summed E-state index contributed by atoms with van der Waals surface area (Å²) in [7, 11) is -2.89. The maximum absolute atomic E-state index is 12.8. The monoisotopic (exact) mass is 325 g/mol. The number of nitrogens with zero attached hydrogens (tertiary/aromatic N) is 1. The minimum absolute atomic E-state index is 0.0495. The fourth-order valence-electron chi connectivity index (χ4n) is 1.88. The molecule has 1 aromatic carbocycles. The topological polar surface area (TPSA) is 57.6 Å². The summed E-state index contributed by atoms with van der Waals surface area (Å²) in [5, 5.41) is 9.64. The van der Waals surface area contributed by atoms with Crippen molar-refractivity contribution in [1.82, 2.24) is 4.31 Å². The van der Waals surface area contributed by atoms with Gasteiger partial charge >= 0.3 is 6.18 Å². The molecule has 0 amide bonds. The summed E-state index contributed by atoms with van der Waals surface area (Å²) in [5.41, 5.74) is -2.33. The zero-order valence-corrected chi connectivity index (χ0v) is 13.0. The quantitative estimate of drug-likeness (QED) is 0.925. The van der Waals surface area contributed by atoms with Crippen LogP contribution in [0.2, 0.25) is 0 Å². The second-order valence-corrected chi connectivity index (χ2v) is 7.59. The largest absolute Gasteiger partial charge is 0.416 e. The number of likely N-dealkylation sites (N-methyl/N-ethyl adjacent to an activating group) is 1. The van der Waals surface area contributed by atoms with Gasteiger partial charge in [-0.2, -0.15) is 17.5 Å². The van der Waals surface area contributed by atoms with Crippen molar-refractivity contribution in [1.29, 1.82) is 0 Å². The van der Waals surface area contributed by atoms with Crippen LogP contribution < -0.4 is 0 Å². The third kappa shape index (κ3) is 4.42. The van der Waals surface area contributed by atoms with Crippen molar-refractivity contribution in [2.45, 2.75) is 37.4 Å². The fraction of sp³-hybridized carbons (Fsp3) is 0.538. The lowest BCUT2D eigenvalue weighted by Crippen LogP contribution is -2.39. The molecule has 8 heteroatoms. The molecular weight excluding hydrogens is 307 g/mol. The van der Waals surface area contributed by atoms with Crippen LogP contribution in [-0.4, -0.2) is 37.0 Å². The number of hydrogen-bond donors (Lipinski definition) is 1. The van der Waals surface area contributed by atoms with E-state index in [4.69, 9.17) is 0 Å². The molecule has 0 saturated carbocycles. The molecule has 1 rings (SSSR count). The van der Waals surface area contributed by atoms with Gasteiger partial charge in [-0.1, -0.05) is 6.07 Å². The Morgan fingerprint density at radius 1 is 1.24 bits per heavy atom. The molecule has 0 aliphatic rings. The average molecular weight is 325 g/mol. The fourth-order valence-corrected chi connectivity index (χ4v) is 3.23. The molecule has 1 aromatic rings. The van der Waals surface area contributed by atoms with Gasteiger partial charge in [0.1, 0.15) is 0 Å². The predicted octanol–water partition coefficient (Wildman–Crippen LogP) is 2.41. The summed E-state index contributed by atoms with van der Waals surface area (Å²) in [6.07, 6.45) is -4.62. The molecule has 120 valence electrons. The zero-order chi connectivity index (χ0) is 16.6. The summed E-state index contributed by atoms with van der Waals surface area (Å²) in [4.78, 5) is -0.452. The van der Waals surface area contributed by atoms with Crippen LogP contribution in [0.15, 0.2) is 23.1 Å². The predicted molar refractivity (Wildman–Crippen MR) is 72.3 cm³/mol. The first kappa shape index (κ1) is 17.9. The SMILES string of the molecule is Cc1ccc(S(=O)(=O)N(C)CC(C)(C)O)cc1C(F)(F)F. The molecular formula is C13H18F3NO3S. The van der Waals surface area contributed by atoms with Gasteiger partial charge in [0.2, 0.25) is 10.0 Å². The van der Waals surface area contributed by atoms with E-state index in [-0.39, 0.29) is 12.1 Å². The molecule has 0 unspecified atom stereocenters. The first-order valence-electron chi connectivity index (χ1n) is 6.12. The van der Waals surface area contributed by atoms with Crippen molar-refractivity contribution in [3.05, 3.63) is 29.3 Å². The lowest BCUT2D eigenvalue weighted by molar-refractivity contribution is -0.138. The summed E-state index contributed by atoms with van der Waals surface area (Å²) < 4.78 is 63.8. The molecule has 0 aliphatic heterocycles. The normalized spacial score (nSPS) is 13.8. The van der Waals surface area contributed by atoms with Crippen LogP contribution in [0, 0.1) is 6.92 Å². The number of benzene rings is 1. The third-order valence-corrected chi connectivity index (χ3v) is 4.63. The number of aliphatic hydroxyl groups is 1. The molecule has 4 nitrogen and oxygen atoms in total. The molecule has 0 spiro atoms. The lowest BCUT2D eigenvalue weighted by Gasteiger charge is -2.25. The molecule has 0 aromatic heterocycles. The number of hydrogen-bond acceptors (Lipinski definition) is 3. The Kier molecular flexibility index (Phi) is 4.77. The van der Waals surface area contributed by atoms with Gasteiger partial charge in [0.05, 0.1) is 16.1 Å². The maximum atomic E-state index is 12.8. The Morgan fingerprint density at radius 2 is 1.76 bits per heavy atom. The Balaban J connectivity index is 3.28. The van der Waals surface area contributed by atoms with E-state index in [1.165, 1.54) is 27.8 Å². The van der Waals surface area contributed by atoms with Crippen molar-refractivity contribution in [2.75, 3.05) is 13.6 Å². The minimum atomic E-state index is -4.62. The van der Waals surface area contributed by atoms with Crippen LogP contribution >= 0.6 is 0 Å². The Hall–Kier alpha value is -1.12. The Bertz CT molecular complexity index is 619. The van der Waals surface area contributed by atoms with E-state index in [1.54, 1.807) is 0 Å². The van der Waals surface area contributed by atoms with Crippen molar-refractivity contribution in [3.63, 3.8) is 0 Å². The van der Waals surface area contributed by atoms with Crippen LogP contribution in [0.4, 0.5) is 13.2 Å². The van der Waals surface area contributed by atoms with Gasteiger partial charge in [0.25, 0.3) is 0 Å². The first-order valence-corrected chi connectivity index (χ1v) is 7.56. The van der Waals surface area contributed by atoms with Gasteiger partial charge in [0, 0.05) is 13.6 Å². The second kappa shape index (κ2) is 5.58. The average Bonchev–Trinajstić information content (AvgIpc) is 2.25. The van der Waals surface area contributed by atoms with Gasteiger partial charge in [-0.05, 0) is 38.5 Å². The molecule has 0 fully saturated rings. The number of aryl methyl sites for hydroxylation is 1. The highest BCUT2D eigenvalue weighted by atomic mass is 32.2. The summed E-state index contributed by atoms with van der Waals surface area (Å²) in [6, 6.07) is 2.86. The number of halogens is 3. The molecule has 0 aliphatic carbocycles. The van der Waals surface area contributed by atoms with E-state index in [9.17, 15) is 26.7 Å². The van der Waals surface area contributed by atoms with Crippen LogP contribution in [-0.2, 0) is 16.2 Å². The zero-order valence-electron chi connectivity index (χ0n) is 12.2. The number of sulfonamides is 1. The van der Waals surface area contributed by atoms with Crippen LogP contribution in [0.25, 0.3) is 0 Å². The van der Waals surface area contributed by atoms with Crippen molar-refractivity contribution < 1.29 is 26.7 Å². The highest BCUT2D eigenvalue weighted by Gasteiger charge is 2.34. The van der Waals surface area contributed by atoms with E-state index in [1.807, 2.05) is 0 Å². The van der Waals surface area contributed by atoms with E-state index in [0.717, 1.165) is 16.4 Å². The molecule has 0 bridgehead atoms. The van der Waals surface area contributed by atoms with Crippen LogP contribution in [0.1, 0.15) is 25.0 Å². The molecule has 0 saturated heterocycles. The molecule has 0 heterocycles. The first-order chi connectivity index (χ1) is 9.25. The highest BCUT2D eigenvalue weighted by Crippen LogP contribution is 2.33. The molecule has 1 N–H and O–H groups in total. The molecule has 0 radical (unpaired) electrons. The van der Waals surface area contributed by atoms with Gasteiger partial charge in [-0.15, -0.1) is 0 Å². The molecule has 0 atom stereocenters. The van der Waals surface area contributed by atoms with Crippen LogP contribution in [0.3, 0.4) is 0 Å². The van der Waals surface area contributed by atoms with E-state index >= 15 is 0 Å². The Morgan fingerprint density at radius 3 is 2.19 bits per heavy atom. The molecule has 21 heavy (non-hydrogen) atoms. The third-order valence-electron chi connectivity index (χ3n) is 2.83. The second-order valence-electron chi connectivity index (χ2n) is 5.55. The van der Waals surface area contributed by atoms with Crippen LogP contribution in [0.5, 0.6) is 0 Å². The van der Waals surface area contributed by atoms with Gasteiger partial charge in [0.15, 0.2) is 0 Å². The lowest BCUT2D eigenvalue weighted by atomic mass is 10.1. The maximum Gasteiger partial charge on any atom is 0.416 e. The minimum Gasteiger partial charge on any atom is -0.389 e. The van der Waals surface area contributed by atoms with Gasteiger partial charge in [-0.25, -0.2) is 8.42 Å². The van der Waals surface area contributed by atoms with Crippen molar-refractivity contribution in [3.8, 4) is 0 Å². The standard InChI is InChI=1S/C13H18F3NO3S/c1-9-5-6-10(7-11(9)13(14,15)16)21(19,20)17(4)8-12(2,3)18/h5-7,18H,8H2,1-4H3. The van der Waals surface area contributed by atoms with E-state index in [0.29, 0.717) is 6.07 Å².